The highest BCUT2D eigenvalue weighted by Crippen LogP contribution is 2.44. The van der Waals surface area contributed by atoms with Gasteiger partial charge in [0.1, 0.15) is 18.7 Å². The quantitative estimate of drug-likeness (QED) is 0.285. The van der Waals surface area contributed by atoms with E-state index in [0.29, 0.717) is 0 Å². The van der Waals surface area contributed by atoms with Crippen LogP contribution < -0.4 is 10.6 Å². The Morgan fingerprint density at radius 1 is 0.854 bits per heavy atom. The summed E-state index contributed by atoms with van der Waals surface area (Å²) < 4.78 is 16.0. The van der Waals surface area contributed by atoms with Gasteiger partial charge in [-0.05, 0) is 34.7 Å². The highest BCUT2D eigenvalue weighted by atomic mass is 16.6. The summed E-state index contributed by atoms with van der Waals surface area (Å²) in [6.45, 7) is 1.74. The molecule has 0 aromatic heterocycles. The van der Waals surface area contributed by atoms with E-state index in [1.165, 1.54) is 0 Å². The maximum atomic E-state index is 13.2. The van der Waals surface area contributed by atoms with E-state index in [1.807, 2.05) is 78.9 Å². The minimum Gasteiger partial charge on any atom is -0.480 e. The van der Waals surface area contributed by atoms with Crippen LogP contribution in [0, 0.1) is 0 Å². The number of hydrogen-bond donors (Lipinski definition) is 3. The Morgan fingerprint density at radius 3 is 2.02 bits per heavy atom. The summed E-state index contributed by atoms with van der Waals surface area (Å²) in [4.78, 5) is 49.6. The second kappa shape index (κ2) is 13.6. The van der Waals surface area contributed by atoms with Crippen LogP contribution in [0.15, 0.2) is 78.9 Å². The third-order valence-corrected chi connectivity index (χ3v) is 6.94. The molecule has 0 heterocycles. The Kier molecular flexibility index (Phi) is 9.70. The summed E-state index contributed by atoms with van der Waals surface area (Å²) in [5.74, 6) is -3.28. The van der Waals surface area contributed by atoms with Crippen molar-refractivity contribution in [3.8, 4) is 11.1 Å². The summed E-state index contributed by atoms with van der Waals surface area (Å²) in [7, 11) is 1.12. The molecule has 3 atom stereocenters. The standard InChI is InChI=1S/C31H32N2O8/c1-19(40-17-20-10-4-3-5-11-20)28(29(35)32-26(30(36)37)16-27(34)39-2)33-31(38)41-18-25-23-14-8-6-12-21(23)22-13-7-9-15-24(22)25/h3-15,19,25-26,28H,16-18H2,1-2H3,(H,32,35)(H,33,38)(H,36,37)/t19?,26-,28?/m0/s1. The van der Waals surface area contributed by atoms with E-state index >= 15 is 0 Å². The average Bonchev–Trinajstić information content (AvgIpc) is 3.31. The predicted octanol–water partition coefficient (Wildman–Crippen LogP) is 3.63. The van der Waals surface area contributed by atoms with Gasteiger partial charge in [0.05, 0.1) is 26.2 Å². The molecule has 0 aliphatic heterocycles. The SMILES string of the molecule is COC(=O)C[C@H](NC(=O)C(NC(=O)OCC1c2ccccc2-c2ccccc21)C(C)OCc1ccccc1)C(=O)O. The molecule has 41 heavy (non-hydrogen) atoms. The molecule has 1 aliphatic carbocycles. The number of esters is 1. The number of rotatable bonds is 12. The topological polar surface area (TPSA) is 140 Å². The van der Waals surface area contributed by atoms with Crippen LogP contribution in [0.25, 0.3) is 11.1 Å². The Hall–Kier alpha value is -4.70. The fourth-order valence-corrected chi connectivity index (χ4v) is 4.77. The van der Waals surface area contributed by atoms with Crippen molar-refractivity contribution in [2.45, 2.75) is 44.1 Å². The van der Waals surface area contributed by atoms with Gasteiger partial charge in [0, 0.05) is 5.92 Å². The van der Waals surface area contributed by atoms with Crippen molar-refractivity contribution in [2.24, 2.45) is 0 Å². The Labute approximate surface area is 237 Å². The molecule has 214 valence electrons. The van der Waals surface area contributed by atoms with Crippen molar-refractivity contribution >= 4 is 23.9 Å². The first-order valence-corrected chi connectivity index (χ1v) is 13.2. The molecular weight excluding hydrogens is 528 g/mol. The van der Waals surface area contributed by atoms with Crippen LogP contribution >= 0.6 is 0 Å². The molecule has 10 heteroatoms. The van der Waals surface area contributed by atoms with Crippen molar-refractivity contribution < 1.29 is 38.5 Å². The van der Waals surface area contributed by atoms with Gasteiger partial charge in [-0.3, -0.25) is 9.59 Å². The van der Waals surface area contributed by atoms with Crippen LogP contribution in [0.2, 0.25) is 0 Å². The van der Waals surface area contributed by atoms with Gasteiger partial charge in [-0.1, -0.05) is 78.9 Å². The third-order valence-electron chi connectivity index (χ3n) is 6.94. The second-order valence-electron chi connectivity index (χ2n) is 9.63. The molecule has 3 aromatic rings. The van der Waals surface area contributed by atoms with E-state index < -0.39 is 48.5 Å². The maximum absolute atomic E-state index is 13.2. The minimum absolute atomic E-state index is 0.0214. The largest absolute Gasteiger partial charge is 0.480 e. The molecule has 0 radical (unpaired) electrons. The molecule has 2 unspecified atom stereocenters. The van der Waals surface area contributed by atoms with Gasteiger partial charge >= 0.3 is 18.0 Å². The summed E-state index contributed by atoms with van der Waals surface area (Å²) in [6.07, 6.45) is -2.35. The minimum atomic E-state index is -1.57. The Balaban J connectivity index is 1.46. The first-order chi connectivity index (χ1) is 19.8. The first-order valence-electron chi connectivity index (χ1n) is 13.2. The Bertz CT molecular complexity index is 1350. The van der Waals surface area contributed by atoms with E-state index in [9.17, 15) is 24.3 Å². The van der Waals surface area contributed by atoms with E-state index in [4.69, 9.17) is 9.47 Å². The maximum Gasteiger partial charge on any atom is 0.407 e. The molecule has 3 N–H and O–H groups in total. The number of amides is 2. The molecule has 0 saturated heterocycles. The van der Waals surface area contributed by atoms with Crippen LogP contribution in [0.5, 0.6) is 0 Å². The summed E-state index contributed by atoms with van der Waals surface area (Å²) in [5.41, 5.74) is 5.05. The van der Waals surface area contributed by atoms with Crippen molar-refractivity contribution in [1.29, 1.82) is 0 Å². The number of carboxylic acid groups (broad SMARTS) is 1. The summed E-state index contributed by atoms with van der Waals surface area (Å²) in [5, 5.41) is 14.3. The van der Waals surface area contributed by atoms with Gasteiger partial charge < -0.3 is 30.0 Å². The molecular formula is C31H32N2O8. The van der Waals surface area contributed by atoms with Gasteiger partial charge in [0.25, 0.3) is 0 Å². The van der Waals surface area contributed by atoms with Gasteiger partial charge in [-0.2, -0.15) is 0 Å². The molecule has 2 amide bonds. The van der Waals surface area contributed by atoms with Gasteiger partial charge in [0.15, 0.2) is 0 Å². The average molecular weight is 561 g/mol. The van der Waals surface area contributed by atoms with Gasteiger partial charge in [0.2, 0.25) is 5.91 Å². The van der Waals surface area contributed by atoms with Crippen LogP contribution in [0.3, 0.4) is 0 Å². The third kappa shape index (κ3) is 7.29. The first kappa shape index (κ1) is 29.3. The van der Waals surface area contributed by atoms with E-state index in [2.05, 4.69) is 15.4 Å². The van der Waals surface area contributed by atoms with Crippen LogP contribution in [0.4, 0.5) is 4.79 Å². The monoisotopic (exact) mass is 560 g/mol. The zero-order valence-corrected chi connectivity index (χ0v) is 22.7. The summed E-state index contributed by atoms with van der Waals surface area (Å²) in [6, 6.07) is 22.1. The van der Waals surface area contributed by atoms with E-state index in [0.717, 1.165) is 34.9 Å². The fraction of sp³-hybridized carbons (Fsp3) is 0.290. The molecule has 1 aliphatic rings. The number of carboxylic acids is 1. The molecule has 0 spiro atoms. The van der Waals surface area contributed by atoms with Crippen molar-refractivity contribution in [2.75, 3.05) is 13.7 Å². The normalized spacial score (nSPS) is 14.1. The molecule has 4 rings (SSSR count). The van der Waals surface area contributed by atoms with E-state index in [-0.39, 0.29) is 19.1 Å². The lowest BCUT2D eigenvalue weighted by Gasteiger charge is -2.26. The fourth-order valence-electron chi connectivity index (χ4n) is 4.77. The lowest BCUT2D eigenvalue weighted by atomic mass is 9.98. The molecule has 0 saturated carbocycles. The lowest BCUT2D eigenvalue weighted by molar-refractivity contribution is -0.149. The lowest BCUT2D eigenvalue weighted by Crippen LogP contribution is -2.56. The number of fused-ring (bicyclic) bond motifs is 3. The smallest absolute Gasteiger partial charge is 0.407 e. The number of alkyl carbamates (subject to hydrolysis) is 1. The molecule has 0 bridgehead atoms. The van der Waals surface area contributed by atoms with Crippen molar-refractivity contribution in [3.63, 3.8) is 0 Å². The number of benzene rings is 3. The number of ether oxygens (including phenoxy) is 3. The highest BCUT2D eigenvalue weighted by molar-refractivity contribution is 5.91. The highest BCUT2D eigenvalue weighted by Gasteiger charge is 2.34. The Morgan fingerprint density at radius 2 is 1.44 bits per heavy atom. The molecule has 3 aromatic carbocycles. The van der Waals surface area contributed by atoms with Gasteiger partial charge in [-0.15, -0.1) is 0 Å². The number of hydrogen-bond acceptors (Lipinski definition) is 7. The number of carbonyl (C=O) groups excluding carboxylic acids is 3. The number of nitrogens with one attached hydrogen (secondary N) is 2. The zero-order valence-electron chi connectivity index (χ0n) is 22.7. The molecule has 0 fully saturated rings. The zero-order chi connectivity index (χ0) is 29.4. The van der Waals surface area contributed by atoms with Crippen LogP contribution in [-0.4, -0.2) is 60.9 Å². The number of aliphatic carboxylic acids is 1. The predicted molar refractivity (Wildman–Crippen MR) is 149 cm³/mol. The van der Waals surface area contributed by atoms with E-state index in [1.54, 1.807) is 6.92 Å². The van der Waals surface area contributed by atoms with Crippen molar-refractivity contribution in [1.82, 2.24) is 10.6 Å². The second-order valence-corrected chi connectivity index (χ2v) is 9.63. The van der Waals surface area contributed by atoms with Crippen molar-refractivity contribution in [3.05, 3.63) is 95.6 Å². The number of carbonyl (C=O) groups is 4. The molecule has 10 nitrogen and oxygen atoms in total. The number of methoxy groups -OCH3 is 1. The van der Waals surface area contributed by atoms with Gasteiger partial charge in [-0.25, -0.2) is 9.59 Å². The summed E-state index contributed by atoms with van der Waals surface area (Å²) >= 11 is 0. The van der Waals surface area contributed by atoms with Crippen LogP contribution in [0.1, 0.15) is 36.0 Å². The van der Waals surface area contributed by atoms with Crippen LogP contribution in [-0.2, 0) is 35.2 Å².